The number of aliphatic carboxylic acids is 1. The summed E-state index contributed by atoms with van der Waals surface area (Å²) < 4.78 is 1.73. The van der Waals surface area contributed by atoms with Gasteiger partial charge in [-0.1, -0.05) is 44.2 Å². The zero-order valence-electron chi connectivity index (χ0n) is 14.6. The highest BCUT2D eigenvalue weighted by atomic mass is 16.4. The monoisotopic (exact) mass is 341 g/mol. The Hall–Kier alpha value is -2.63. The van der Waals surface area contributed by atoms with Crippen LogP contribution in [-0.2, 0) is 11.3 Å². The van der Waals surface area contributed by atoms with Gasteiger partial charge in [0.05, 0.1) is 23.7 Å². The molecule has 2 heterocycles. The van der Waals surface area contributed by atoms with Gasteiger partial charge in [-0.05, 0) is 17.9 Å². The molecule has 0 saturated carbocycles. The van der Waals surface area contributed by atoms with Crippen molar-refractivity contribution >= 4 is 11.9 Å². The molecule has 3 rings (SSSR count). The maximum Gasteiger partial charge on any atom is 0.311 e. The summed E-state index contributed by atoms with van der Waals surface area (Å²) >= 11 is 0. The van der Waals surface area contributed by atoms with E-state index in [0.717, 1.165) is 5.56 Å². The van der Waals surface area contributed by atoms with Crippen LogP contribution in [0.4, 0.5) is 0 Å². The molecule has 1 unspecified atom stereocenters. The third kappa shape index (κ3) is 3.29. The van der Waals surface area contributed by atoms with Gasteiger partial charge in [-0.3, -0.25) is 14.3 Å². The molecule has 1 saturated heterocycles. The molecule has 1 aromatic carbocycles. The lowest BCUT2D eigenvalue weighted by Crippen LogP contribution is -2.40. The second-order valence-electron chi connectivity index (χ2n) is 7.00. The number of carboxylic acid groups (broad SMARTS) is 1. The van der Waals surface area contributed by atoms with E-state index in [4.69, 9.17) is 0 Å². The van der Waals surface area contributed by atoms with Gasteiger partial charge in [0, 0.05) is 19.3 Å². The number of amides is 1. The van der Waals surface area contributed by atoms with Crippen molar-refractivity contribution in [2.75, 3.05) is 13.1 Å². The largest absolute Gasteiger partial charge is 0.481 e. The summed E-state index contributed by atoms with van der Waals surface area (Å²) in [5, 5.41) is 13.9. The van der Waals surface area contributed by atoms with Gasteiger partial charge in [0.2, 0.25) is 0 Å². The lowest BCUT2D eigenvalue weighted by atomic mass is 9.76. The number of rotatable bonds is 5. The number of carbonyl (C=O) groups is 2. The molecule has 0 aliphatic carbocycles. The Kier molecular flexibility index (Phi) is 4.61. The molecule has 6 nitrogen and oxygen atoms in total. The number of likely N-dealkylation sites (tertiary alicyclic amines) is 1. The van der Waals surface area contributed by atoms with Crippen molar-refractivity contribution < 1.29 is 14.7 Å². The van der Waals surface area contributed by atoms with Gasteiger partial charge >= 0.3 is 5.97 Å². The average molecular weight is 341 g/mol. The maximum atomic E-state index is 12.7. The van der Waals surface area contributed by atoms with Crippen molar-refractivity contribution in [2.24, 2.45) is 11.3 Å². The summed E-state index contributed by atoms with van der Waals surface area (Å²) in [4.78, 5) is 26.1. The fraction of sp³-hybridized carbons (Fsp3) is 0.421. The van der Waals surface area contributed by atoms with Gasteiger partial charge in [-0.25, -0.2) is 0 Å². The third-order valence-corrected chi connectivity index (χ3v) is 5.19. The molecule has 1 fully saturated rings. The van der Waals surface area contributed by atoms with Gasteiger partial charge < -0.3 is 10.0 Å². The zero-order chi connectivity index (χ0) is 18.0. The highest BCUT2D eigenvalue weighted by molar-refractivity contribution is 5.94. The molecular weight excluding hydrogens is 318 g/mol. The highest BCUT2D eigenvalue weighted by Gasteiger charge is 2.48. The van der Waals surface area contributed by atoms with Crippen LogP contribution in [0.25, 0.3) is 0 Å². The van der Waals surface area contributed by atoms with E-state index in [1.54, 1.807) is 22.0 Å². The Labute approximate surface area is 147 Å². The Morgan fingerprint density at radius 2 is 2.00 bits per heavy atom. The third-order valence-electron chi connectivity index (χ3n) is 5.19. The summed E-state index contributed by atoms with van der Waals surface area (Å²) in [7, 11) is 0. The van der Waals surface area contributed by atoms with E-state index in [1.807, 2.05) is 44.2 Å². The van der Waals surface area contributed by atoms with Crippen molar-refractivity contribution in [1.82, 2.24) is 14.7 Å². The van der Waals surface area contributed by atoms with E-state index in [0.29, 0.717) is 25.1 Å². The van der Waals surface area contributed by atoms with Crippen LogP contribution in [0.2, 0.25) is 0 Å². The minimum atomic E-state index is -0.851. The summed E-state index contributed by atoms with van der Waals surface area (Å²) in [6.07, 6.45) is 3.77. The molecule has 1 atom stereocenters. The van der Waals surface area contributed by atoms with E-state index >= 15 is 0 Å². The molecule has 0 bridgehead atoms. The number of carbonyl (C=O) groups excluding carboxylic acids is 1. The summed E-state index contributed by atoms with van der Waals surface area (Å²) in [6, 6.07) is 9.90. The number of benzene rings is 1. The van der Waals surface area contributed by atoms with Crippen molar-refractivity contribution in [3.8, 4) is 0 Å². The first kappa shape index (κ1) is 17.2. The van der Waals surface area contributed by atoms with Crippen LogP contribution in [0.5, 0.6) is 0 Å². The summed E-state index contributed by atoms with van der Waals surface area (Å²) in [5.74, 6) is -0.996. The summed E-state index contributed by atoms with van der Waals surface area (Å²) in [5.41, 5.74) is 0.756. The van der Waals surface area contributed by atoms with Crippen molar-refractivity contribution in [3.05, 3.63) is 53.9 Å². The Morgan fingerprint density at radius 3 is 2.60 bits per heavy atom. The number of carboxylic acids is 1. The molecule has 0 spiro atoms. The van der Waals surface area contributed by atoms with Crippen LogP contribution in [0.15, 0.2) is 42.7 Å². The van der Waals surface area contributed by atoms with Gasteiger partial charge in [-0.2, -0.15) is 5.10 Å². The first-order valence-corrected chi connectivity index (χ1v) is 8.51. The quantitative estimate of drug-likeness (QED) is 0.907. The Balaban J connectivity index is 1.71. The first-order chi connectivity index (χ1) is 11.9. The molecule has 2 aromatic rings. The van der Waals surface area contributed by atoms with Crippen LogP contribution >= 0.6 is 0 Å². The Bertz CT molecular complexity index is 769. The topological polar surface area (TPSA) is 75.4 Å². The first-order valence-electron chi connectivity index (χ1n) is 8.51. The molecule has 132 valence electrons. The molecule has 1 amide bonds. The molecule has 6 heteroatoms. The van der Waals surface area contributed by atoms with Crippen molar-refractivity contribution in [2.45, 2.75) is 26.8 Å². The normalized spacial score (nSPS) is 20.2. The second-order valence-corrected chi connectivity index (χ2v) is 7.00. The van der Waals surface area contributed by atoms with Crippen LogP contribution in [0.1, 0.15) is 36.2 Å². The minimum Gasteiger partial charge on any atom is -0.481 e. The summed E-state index contributed by atoms with van der Waals surface area (Å²) in [6.45, 7) is 5.12. The van der Waals surface area contributed by atoms with E-state index in [-0.39, 0.29) is 18.4 Å². The molecule has 0 radical (unpaired) electrons. The van der Waals surface area contributed by atoms with Gasteiger partial charge in [-0.15, -0.1) is 0 Å². The molecule has 1 N–H and O–H groups in total. The van der Waals surface area contributed by atoms with E-state index in [9.17, 15) is 14.7 Å². The minimum absolute atomic E-state index is 0.0244. The maximum absolute atomic E-state index is 12.7. The zero-order valence-corrected chi connectivity index (χ0v) is 14.6. The predicted octanol–water partition coefficient (Wildman–Crippen LogP) is 2.50. The van der Waals surface area contributed by atoms with Gasteiger partial charge in [0.15, 0.2) is 0 Å². The SMILES string of the molecule is CC(C)C1(C(=O)O)CCN(C(=O)c2cnn(Cc3ccccc3)c2)C1. The molecule has 1 aromatic heterocycles. The Morgan fingerprint density at radius 1 is 1.28 bits per heavy atom. The van der Waals surface area contributed by atoms with E-state index in [2.05, 4.69) is 5.10 Å². The lowest BCUT2D eigenvalue weighted by molar-refractivity contribution is -0.150. The van der Waals surface area contributed by atoms with Gasteiger partial charge in [0.25, 0.3) is 5.91 Å². The fourth-order valence-corrected chi connectivity index (χ4v) is 3.41. The standard InChI is InChI=1S/C19H23N3O3/c1-14(2)19(18(24)25)8-9-21(13-19)17(23)16-10-20-22(12-16)11-15-6-4-3-5-7-15/h3-7,10,12,14H,8-9,11,13H2,1-2H3,(H,24,25). The number of hydrogen-bond donors (Lipinski definition) is 1. The molecule has 1 aliphatic heterocycles. The number of hydrogen-bond acceptors (Lipinski definition) is 3. The molecular formula is C19H23N3O3. The van der Waals surface area contributed by atoms with E-state index in [1.165, 1.54) is 0 Å². The smallest absolute Gasteiger partial charge is 0.311 e. The van der Waals surface area contributed by atoms with Gasteiger partial charge in [0.1, 0.15) is 0 Å². The van der Waals surface area contributed by atoms with Crippen molar-refractivity contribution in [3.63, 3.8) is 0 Å². The highest BCUT2D eigenvalue weighted by Crippen LogP contribution is 2.38. The molecule has 25 heavy (non-hydrogen) atoms. The van der Waals surface area contributed by atoms with Crippen LogP contribution in [0, 0.1) is 11.3 Å². The molecule has 1 aliphatic rings. The van der Waals surface area contributed by atoms with Crippen LogP contribution in [0.3, 0.4) is 0 Å². The number of nitrogens with zero attached hydrogens (tertiary/aromatic N) is 3. The van der Waals surface area contributed by atoms with Crippen molar-refractivity contribution in [1.29, 1.82) is 0 Å². The average Bonchev–Trinajstić information content (AvgIpc) is 3.23. The fourth-order valence-electron chi connectivity index (χ4n) is 3.41. The predicted molar refractivity (Wildman–Crippen MR) is 93.2 cm³/mol. The number of aromatic nitrogens is 2. The van der Waals surface area contributed by atoms with Crippen LogP contribution < -0.4 is 0 Å². The van der Waals surface area contributed by atoms with Crippen LogP contribution in [-0.4, -0.2) is 44.8 Å². The van der Waals surface area contributed by atoms with E-state index < -0.39 is 11.4 Å². The second kappa shape index (κ2) is 6.70. The lowest BCUT2D eigenvalue weighted by Gasteiger charge is -2.28.